The maximum Gasteiger partial charge on any atom is 0.387 e. The number of sulfonamides is 1. The highest BCUT2D eigenvalue weighted by molar-refractivity contribution is 7.89. The van der Waals surface area contributed by atoms with Crippen LogP contribution in [0.3, 0.4) is 0 Å². The fraction of sp³-hybridized carbons (Fsp3) is 0.300. The molecule has 0 bridgehead atoms. The van der Waals surface area contributed by atoms with Crippen molar-refractivity contribution in [3.8, 4) is 5.75 Å². The monoisotopic (exact) mass is 452 g/mol. The molecule has 0 fully saturated rings. The third-order valence-electron chi connectivity index (χ3n) is 4.66. The molecule has 3 rings (SSSR count). The van der Waals surface area contributed by atoms with Crippen molar-refractivity contribution >= 4 is 32.7 Å². The van der Waals surface area contributed by atoms with Crippen molar-refractivity contribution in [1.29, 1.82) is 0 Å². The Hall–Kier alpha value is -3.05. The molecule has 0 aliphatic heterocycles. The molecule has 0 aliphatic rings. The second kappa shape index (κ2) is 8.98. The Morgan fingerprint density at radius 3 is 2.48 bits per heavy atom. The Kier molecular flexibility index (Phi) is 6.56. The van der Waals surface area contributed by atoms with Crippen LogP contribution in [0.2, 0.25) is 0 Å². The summed E-state index contributed by atoms with van der Waals surface area (Å²) in [4.78, 5) is 16.9. The summed E-state index contributed by atoms with van der Waals surface area (Å²) in [6.07, 6.45) is 0.467. The molecular formula is C20H22F2N4O4S. The normalized spacial score (nSPS) is 12.0. The van der Waals surface area contributed by atoms with Crippen molar-refractivity contribution in [1.82, 2.24) is 13.9 Å². The van der Waals surface area contributed by atoms with Crippen molar-refractivity contribution < 1.29 is 26.7 Å². The third-order valence-corrected chi connectivity index (χ3v) is 6.47. The second-order valence-electron chi connectivity index (χ2n) is 6.98. The molecule has 11 heteroatoms. The maximum absolute atomic E-state index is 12.3. The zero-order valence-electron chi connectivity index (χ0n) is 17.2. The first-order valence-electron chi connectivity index (χ1n) is 9.30. The molecule has 0 atom stereocenters. The Bertz CT molecular complexity index is 1190. The number of alkyl halides is 2. The average molecular weight is 452 g/mol. The summed E-state index contributed by atoms with van der Waals surface area (Å²) in [5.41, 5.74) is 1.73. The number of rotatable bonds is 8. The number of halogens is 2. The molecule has 31 heavy (non-hydrogen) atoms. The van der Waals surface area contributed by atoms with Crippen LogP contribution in [0.25, 0.3) is 11.0 Å². The standard InChI is InChI=1S/C20H22F2N4O4S/c1-25(2)31(28,29)15-8-9-17-16(12-15)24-18(26(17)3)10-11-19(27)23-13-4-6-14(7-5-13)30-20(21)22/h4-9,12,20H,10-11H2,1-3H3,(H,23,27). The van der Waals surface area contributed by atoms with Gasteiger partial charge >= 0.3 is 6.61 Å². The summed E-state index contributed by atoms with van der Waals surface area (Å²) in [6.45, 7) is -2.91. The fourth-order valence-electron chi connectivity index (χ4n) is 2.99. The molecule has 0 radical (unpaired) electrons. The van der Waals surface area contributed by atoms with Crippen molar-refractivity contribution in [2.75, 3.05) is 19.4 Å². The number of benzene rings is 2. The van der Waals surface area contributed by atoms with E-state index in [2.05, 4.69) is 15.0 Å². The minimum atomic E-state index is -3.57. The van der Waals surface area contributed by atoms with Gasteiger partial charge in [0.1, 0.15) is 11.6 Å². The van der Waals surface area contributed by atoms with E-state index in [-0.39, 0.29) is 23.0 Å². The minimum Gasteiger partial charge on any atom is -0.435 e. The number of nitrogens with zero attached hydrogens (tertiary/aromatic N) is 3. The van der Waals surface area contributed by atoms with E-state index in [1.54, 1.807) is 13.1 Å². The van der Waals surface area contributed by atoms with Gasteiger partial charge in [-0.05, 0) is 42.5 Å². The smallest absolute Gasteiger partial charge is 0.387 e. The Balaban J connectivity index is 1.67. The first-order valence-corrected chi connectivity index (χ1v) is 10.7. The number of anilines is 1. The van der Waals surface area contributed by atoms with Crippen LogP contribution in [-0.2, 0) is 28.3 Å². The van der Waals surface area contributed by atoms with Crippen molar-refractivity contribution in [3.63, 3.8) is 0 Å². The van der Waals surface area contributed by atoms with Gasteiger partial charge in [-0.15, -0.1) is 0 Å². The number of hydrogen-bond donors (Lipinski definition) is 1. The van der Waals surface area contributed by atoms with Crippen LogP contribution in [0.1, 0.15) is 12.2 Å². The highest BCUT2D eigenvalue weighted by atomic mass is 32.2. The van der Waals surface area contributed by atoms with Gasteiger partial charge < -0.3 is 14.6 Å². The molecule has 1 heterocycles. The number of hydrogen-bond acceptors (Lipinski definition) is 5. The fourth-order valence-corrected chi connectivity index (χ4v) is 3.92. The van der Waals surface area contributed by atoms with Crippen LogP contribution in [0.5, 0.6) is 5.75 Å². The Labute approximate surface area is 178 Å². The molecule has 0 aliphatic carbocycles. The molecule has 2 aromatic carbocycles. The van der Waals surface area contributed by atoms with E-state index < -0.39 is 16.6 Å². The second-order valence-corrected chi connectivity index (χ2v) is 9.13. The predicted octanol–water partition coefficient (Wildman–Crippen LogP) is 3.00. The number of aryl methyl sites for hydroxylation is 2. The van der Waals surface area contributed by atoms with Gasteiger partial charge in [0.2, 0.25) is 15.9 Å². The molecule has 8 nitrogen and oxygen atoms in total. The lowest BCUT2D eigenvalue weighted by Crippen LogP contribution is -2.22. The minimum absolute atomic E-state index is 0.00310. The van der Waals surface area contributed by atoms with E-state index in [1.165, 1.54) is 50.5 Å². The predicted molar refractivity (Wildman–Crippen MR) is 112 cm³/mol. The molecule has 0 saturated carbocycles. The number of aromatic nitrogens is 2. The quantitative estimate of drug-likeness (QED) is 0.567. The first-order chi connectivity index (χ1) is 14.6. The van der Waals surface area contributed by atoms with E-state index >= 15 is 0 Å². The third kappa shape index (κ3) is 5.17. The number of amides is 1. The SMILES string of the molecule is CN(C)S(=O)(=O)c1ccc2c(c1)nc(CCC(=O)Nc1ccc(OC(F)F)cc1)n2C. The Morgan fingerprint density at radius 1 is 1.19 bits per heavy atom. The molecule has 3 aromatic rings. The lowest BCUT2D eigenvalue weighted by molar-refractivity contribution is -0.116. The number of ether oxygens (including phenoxy) is 1. The number of carbonyl (C=O) groups excluding carboxylic acids is 1. The highest BCUT2D eigenvalue weighted by Gasteiger charge is 2.19. The van der Waals surface area contributed by atoms with Gasteiger partial charge in [-0.3, -0.25) is 4.79 Å². The van der Waals surface area contributed by atoms with E-state index in [0.717, 1.165) is 9.82 Å². The van der Waals surface area contributed by atoms with Crippen LogP contribution in [-0.4, -0.2) is 48.9 Å². The molecule has 1 N–H and O–H groups in total. The van der Waals surface area contributed by atoms with E-state index in [1.807, 2.05) is 4.57 Å². The molecule has 0 saturated heterocycles. The number of nitrogens with one attached hydrogen (secondary N) is 1. The topological polar surface area (TPSA) is 93.5 Å². The van der Waals surface area contributed by atoms with Crippen molar-refractivity contribution in [2.24, 2.45) is 7.05 Å². The maximum atomic E-state index is 12.3. The van der Waals surface area contributed by atoms with Crippen molar-refractivity contribution in [3.05, 3.63) is 48.3 Å². The van der Waals surface area contributed by atoms with Gasteiger partial charge in [-0.2, -0.15) is 8.78 Å². The molecule has 0 unspecified atom stereocenters. The van der Waals surface area contributed by atoms with Crippen LogP contribution in [0.4, 0.5) is 14.5 Å². The summed E-state index contributed by atoms with van der Waals surface area (Å²) in [7, 11) is 1.14. The van der Waals surface area contributed by atoms with Crippen LogP contribution >= 0.6 is 0 Å². The molecule has 1 amide bonds. The van der Waals surface area contributed by atoms with Gasteiger partial charge in [0.15, 0.2) is 0 Å². The lowest BCUT2D eigenvalue weighted by Gasteiger charge is -2.10. The number of imidazole rings is 1. The van der Waals surface area contributed by atoms with Crippen LogP contribution < -0.4 is 10.1 Å². The number of carbonyl (C=O) groups is 1. The highest BCUT2D eigenvalue weighted by Crippen LogP contribution is 2.22. The zero-order valence-corrected chi connectivity index (χ0v) is 18.0. The van der Waals surface area contributed by atoms with Crippen LogP contribution in [0.15, 0.2) is 47.4 Å². The summed E-state index contributed by atoms with van der Waals surface area (Å²) < 4.78 is 56.2. The van der Waals surface area contributed by atoms with Gasteiger partial charge in [-0.25, -0.2) is 17.7 Å². The molecule has 0 spiro atoms. The summed E-state index contributed by atoms with van der Waals surface area (Å²) in [5.74, 6) is 0.360. The molecule has 1 aromatic heterocycles. The molecular weight excluding hydrogens is 430 g/mol. The van der Waals surface area contributed by atoms with Crippen LogP contribution in [0, 0.1) is 0 Å². The van der Waals surface area contributed by atoms with E-state index in [0.29, 0.717) is 23.4 Å². The van der Waals surface area contributed by atoms with Gasteiger partial charge in [-0.1, -0.05) is 0 Å². The lowest BCUT2D eigenvalue weighted by atomic mass is 10.2. The van der Waals surface area contributed by atoms with Gasteiger partial charge in [0.05, 0.1) is 15.9 Å². The number of fused-ring (bicyclic) bond motifs is 1. The van der Waals surface area contributed by atoms with E-state index in [9.17, 15) is 22.0 Å². The van der Waals surface area contributed by atoms with Crippen molar-refractivity contribution in [2.45, 2.75) is 24.3 Å². The zero-order chi connectivity index (χ0) is 22.8. The first kappa shape index (κ1) is 22.6. The Morgan fingerprint density at radius 2 is 1.87 bits per heavy atom. The summed E-state index contributed by atoms with van der Waals surface area (Å²) in [5, 5.41) is 2.68. The van der Waals surface area contributed by atoms with E-state index in [4.69, 9.17) is 0 Å². The largest absolute Gasteiger partial charge is 0.435 e. The molecule has 166 valence electrons. The summed E-state index contributed by atoms with van der Waals surface area (Å²) in [6, 6.07) is 10.3. The summed E-state index contributed by atoms with van der Waals surface area (Å²) >= 11 is 0. The van der Waals surface area contributed by atoms with Gasteiger partial charge in [0, 0.05) is 39.7 Å². The average Bonchev–Trinajstić information content (AvgIpc) is 3.02. The van der Waals surface area contributed by atoms with Gasteiger partial charge in [0.25, 0.3) is 0 Å².